The molecule has 2 N–H and O–H groups in total. The highest BCUT2D eigenvalue weighted by atomic mass is 16.1. The molecule has 1 rings (SSSR count). The van der Waals surface area contributed by atoms with E-state index in [-0.39, 0.29) is 5.91 Å². The van der Waals surface area contributed by atoms with Crippen molar-refractivity contribution in [1.82, 2.24) is 10.6 Å². The molecule has 0 spiro atoms. The summed E-state index contributed by atoms with van der Waals surface area (Å²) >= 11 is 0. The van der Waals surface area contributed by atoms with Gasteiger partial charge in [0.2, 0.25) is 5.91 Å². The van der Waals surface area contributed by atoms with Gasteiger partial charge < -0.3 is 10.6 Å². The van der Waals surface area contributed by atoms with Gasteiger partial charge in [-0.2, -0.15) is 0 Å². The number of piperidine rings is 1. The minimum atomic E-state index is 0.227. The highest BCUT2D eigenvalue weighted by Gasteiger charge is 2.16. The normalized spacial score (nSPS) is 18.5. The fourth-order valence-corrected chi connectivity index (χ4v) is 1.74. The SMILES string of the molecule is CC(C)CNC(=O)CC1CCNCC1. The third-order valence-corrected chi connectivity index (χ3v) is 2.64. The van der Waals surface area contributed by atoms with E-state index in [4.69, 9.17) is 0 Å². The van der Waals surface area contributed by atoms with E-state index in [0.717, 1.165) is 32.5 Å². The van der Waals surface area contributed by atoms with Crippen LogP contribution in [0.3, 0.4) is 0 Å². The molecule has 0 aromatic heterocycles. The lowest BCUT2D eigenvalue weighted by Crippen LogP contribution is -2.33. The molecule has 1 fully saturated rings. The second-order valence-electron chi connectivity index (χ2n) is 4.60. The molecule has 0 unspecified atom stereocenters. The minimum absolute atomic E-state index is 0.227. The Morgan fingerprint density at radius 2 is 2.07 bits per heavy atom. The van der Waals surface area contributed by atoms with Gasteiger partial charge in [0.05, 0.1) is 0 Å². The maximum atomic E-state index is 11.5. The van der Waals surface area contributed by atoms with Crippen molar-refractivity contribution in [2.24, 2.45) is 11.8 Å². The molecule has 0 aromatic rings. The molecule has 1 aliphatic rings. The Labute approximate surface area is 86.6 Å². The number of hydrogen-bond donors (Lipinski definition) is 2. The molecule has 1 aliphatic heterocycles. The van der Waals surface area contributed by atoms with Crippen molar-refractivity contribution in [3.05, 3.63) is 0 Å². The Morgan fingerprint density at radius 3 is 2.64 bits per heavy atom. The van der Waals surface area contributed by atoms with Crippen LogP contribution in [0.2, 0.25) is 0 Å². The molecule has 3 nitrogen and oxygen atoms in total. The number of carbonyl (C=O) groups excluding carboxylic acids is 1. The second-order valence-corrected chi connectivity index (χ2v) is 4.60. The molecule has 0 atom stereocenters. The first-order chi connectivity index (χ1) is 6.68. The van der Waals surface area contributed by atoms with Gasteiger partial charge in [0.1, 0.15) is 0 Å². The number of rotatable bonds is 4. The topological polar surface area (TPSA) is 41.1 Å². The predicted octanol–water partition coefficient (Wildman–Crippen LogP) is 1.15. The third kappa shape index (κ3) is 4.61. The molecule has 3 heteroatoms. The third-order valence-electron chi connectivity index (χ3n) is 2.64. The van der Waals surface area contributed by atoms with E-state index < -0.39 is 0 Å². The highest BCUT2D eigenvalue weighted by molar-refractivity contribution is 5.76. The molecule has 0 radical (unpaired) electrons. The largest absolute Gasteiger partial charge is 0.356 e. The van der Waals surface area contributed by atoms with E-state index >= 15 is 0 Å². The smallest absolute Gasteiger partial charge is 0.220 e. The Morgan fingerprint density at radius 1 is 1.43 bits per heavy atom. The standard InChI is InChI=1S/C11H22N2O/c1-9(2)8-13-11(14)7-10-3-5-12-6-4-10/h9-10,12H,3-8H2,1-2H3,(H,13,14). The summed E-state index contributed by atoms with van der Waals surface area (Å²) in [5, 5.41) is 6.28. The zero-order chi connectivity index (χ0) is 10.4. The van der Waals surface area contributed by atoms with Gasteiger partial charge in [0.15, 0.2) is 0 Å². The van der Waals surface area contributed by atoms with Crippen LogP contribution < -0.4 is 10.6 Å². The van der Waals surface area contributed by atoms with Crippen LogP contribution in [0.15, 0.2) is 0 Å². The van der Waals surface area contributed by atoms with Crippen LogP contribution in [0.25, 0.3) is 0 Å². The van der Waals surface area contributed by atoms with E-state index in [2.05, 4.69) is 24.5 Å². The number of nitrogens with one attached hydrogen (secondary N) is 2. The summed E-state index contributed by atoms with van der Waals surface area (Å²) < 4.78 is 0. The minimum Gasteiger partial charge on any atom is -0.356 e. The van der Waals surface area contributed by atoms with Gasteiger partial charge in [-0.15, -0.1) is 0 Å². The number of amides is 1. The average Bonchev–Trinajstić information content (AvgIpc) is 2.16. The van der Waals surface area contributed by atoms with Gasteiger partial charge in [-0.3, -0.25) is 4.79 Å². The van der Waals surface area contributed by atoms with Crippen LogP contribution in [0.1, 0.15) is 33.1 Å². The molecular formula is C11H22N2O. The zero-order valence-corrected chi connectivity index (χ0v) is 9.31. The lowest BCUT2D eigenvalue weighted by Gasteiger charge is -2.22. The van der Waals surface area contributed by atoms with E-state index in [1.54, 1.807) is 0 Å². The van der Waals surface area contributed by atoms with Gasteiger partial charge in [-0.1, -0.05) is 13.8 Å². The summed E-state index contributed by atoms with van der Waals surface area (Å²) in [7, 11) is 0. The summed E-state index contributed by atoms with van der Waals surface area (Å²) in [6.45, 7) is 7.18. The first kappa shape index (κ1) is 11.5. The second kappa shape index (κ2) is 6.02. The molecule has 0 aliphatic carbocycles. The van der Waals surface area contributed by atoms with Crippen LogP contribution >= 0.6 is 0 Å². The predicted molar refractivity (Wildman–Crippen MR) is 58.1 cm³/mol. The van der Waals surface area contributed by atoms with Crippen molar-refractivity contribution in [3.8, 4) is 0 Å². The van der Waals surface area contributed by atoms with Gasteiger partial charge >= 0.3 is 0 Å². The Hall–Kier alpha value is -0.570. The van der Waals surface area contributed by atoms with Crippen molar-refractivity contribution in [3.63, 3.8) is 0 Å². The molecular weight excluding hydrogens is 176 g/mol. The quantitative estimate of drug-likeness (QED) is 0.711. The van der Waals surface area contributed by atoms with Crippen molar-refractivity contribution >= 4 is 5.91 Å². The summed E-state index contributed by atoms with van der Waals surface area (Å²) in [6, 6.07) is 0. The highest BCUT2D eigenvalue weighted by Crippen LogP contribution is 2.15. The molecule has 82 valence electrons. The maximum Gasteiger partial charge on any atom is 0.220 e. The van der Waals surface area contributed by atoms with Gasteiger partial charge in [-0.05, 0) is 37.8 Å². The van der Waals surface area contributed by atoms with E-state index in [9.17, 15) is 4.79 Å². The molecule has 1 saturated heterocycles. The lowest BCUT2D eigenvalue weighted by atomic mass is 9.94. The van der Waals surface area contributed by atoms with Crippen molar-refractivity contribution in [2.75, 3.05) is 19.6 Å². The van der Waals surface area contributed by atoms with Crippen LogP contribution in [-0.4, -0.2) is 25.5 Å². The van der Waals surface area contributed by atoms with Crippen LogP contribution in [0.4, 0.5) is 0 Å². The zero-order valence-electron chi connectivity index (χ0n) is 9.31. The fourth-order valence-electron chi connectivity index (χ4n) is 1.74. The van der Waals surface area contributed by atoms with Crippen LogP contribution in [-0.2, 0) is 4.79 Å². The summed E-state index contributed by atoms with van der Waals surface area (Å²) in [5.74, 6) is 1.38. The Kier molecular flexibility index (Phi) is 4.94. The summed E-state index contributed by atoms with van der Waals surface area (Å²) in [6.07, 6.45) is 3.01. The molecule has 0 aromatic carbocycles. The Bertz CT molecular complexity index is 174. The fraction of sp³-hybridized carbons (Fsp3) is 0.909. The van der Waals surface area contributed by atoms with Crippen molar-refractivity contribution in [1.29, 1.82) is 0 Å². The molecule has 1 amide bonds. The summed E-state index contributed by atoms with van der Waals surface area (Å²) in [5.41, 5.74) is 0. The van der Waals surface area contributed by atoms with E-state index in [1.165, 1.54) is 0 Å². The van der Waals surface area contributed by atoms with Crippen LogP contribution in [0, 0.1) is 11.8 Å². The summed E-state index contributed by atoms with van der Waals surface area (Å²) in [4.78, 5) is 11.5. The molecule has 0 saturated carbocycles. The maximum absolute atomic E-state index is 11.5. The average molecular weight is 198 g/mol. The molecule has 14 heavy (non-hydrogen) atoms. The van der Waals surface area contributed by atoms with Gasteiger partial charge in [-0.25, -0.2) is 0 Å². The lowest BCUT2D eigenvalue weighted by molar-refractivity contribution is -0.122. The van der Waals surface area contributed by atoms with Crippen molar-refractivity contribution in [2.45, 2.75) is 33.1 Å². The monoisotopic (exact) mass is 198 g/mol. The Balaban J connectivity index is 2.12. The van der Waals surface area contributed by atoms with E-state index in [1.807, 2.05) is 0 Å². The van der Waals surface area contributed by atoms with Gasteiger partial charge in [0, 0.05) is 13.0 Å². The van der Waals surface area contributed by atoms with Gasteiger partial charge in [0.25, 0.3) is 0 Å². The number of hydrogen-bond acceptors (Lipinski definition) is 2. The van der Waals surface area contributed by atoms with Crippen LogP contribution in [0.5, 0.6) is 0 Å². The first-order valence-electron chi connectivity index (χ1n) is 5.66. The first-order valence-corrected chi connectivity index (χ1v) is 5.66. The molecule has 1 heterocycles. The molecule has 0 bridgehead atoms. The number of carbonyl (C=O) groups is 1. The van der Waals surface area contributed by atoms with E-state index in [0.29, 0.717) is 18.3 Å². The van der Waals surface area contributed by atoms with Crippen molar-refractivity contribution < 1.29 is 4.79 Å².